The van der Waals surface area contributed by atoms with Crippen LogP contribution in [0.2, 0.25) is 0 Å². The number of piperidine rings is 1. The fraction of sp³-hybridized carbons (Fsp3) is 0.529. The summed E-state index contributed by atoms with van der Waals surface area (Å²) in [7, 11) is 3.51. The first-order valence-electron chi connectivity index (χ1n) is 8.19. The van der Waals surface area contributed by atoms with Gasteiger partial charge in [-0.3, -0.25) is 13.9 Å². The van der Waals surface area contributed by atoms with Gasteiger partial charge in [-0.1, -0.05) is 0 Å². The quantitative estimate of drug-likeness (QED) is 0.875. The lowest BCUT2D eigenvalue weighted by molar-refractivity contribution is -0.118. The highest BCUT2D eigenvalue weighted by Gasteiger charge is 2.57. The number of aryl methyl sites for hydroxylation is 2. The topological polar surface area (TPSA) is 68.1 Å². The molecule has 1 aliphatic heterocycles. The molecular formula is C17H22N4O2. The highest BCUT2D eigenvalue weighted by molar-refractivity contribution is 5.96. The molecule has 2 N–H and O–H groups in total. The minimum absolute atomic E-state index is 0.0562. The fourth-order valence-corrected chi connectivity index (χ4v) is 4.01. The first-order chi connectivity index (χ1) is 11.0. The van der Waals surface area contributed by atoms with Crippen LogP contribution in [0, 0.1) is 11.3 Å². The number of aromatic nitrogens is 2. The summed E-state index contributed by atoms with van der Waals surface area (Å²) < 4.78 is 3.22. The number of rotatable bonds is 2. The fourth-order valence-electron chi connectivity index (χ4n) is 4.01. The van der Waals surface area contributed by atoms with Crippen molar-refractivity contribution in [2.24, 2.45) is 25.4 Å². The summed E-state index contributed by atoms with van der Waals surface area (Å²) in [4.78, 5) is 24.5. The number of amides is 1. The third kappa shape index (κ3) is 2.20. The molecule has 1 spiro atoms. The number of anilines is 1. The lowest BCUT2D eigenvalue weighted by Crippen LogP contribution is -2.31. The predicted octanol–water partition coefficient (Wildman–Crippen LogP) is 1.21. The van der Waals surface area contributed by atoms with E-state index in [1.807, 2.05) is 18.2 Å². The Morgan fingerprint density at radius 3 is 2.65 bits per heavy atom. The summed E-state index contributed by atoms with van der Waals surface area (Å²) in [6.07, 6.45) is 3.20. The van der Waals surface area contributed by atoms with Gasteiger partial charge in [0.1, 0.15) is 0 Å². The lowest BCUT2D eigenvalue weighted by Gasteiger charge is -2.23. The third-order valence-corrected chi connectivity index (χ3v) is 5.65. The van der Waals surface area contributed by atoms with Gasteiger partial charge in [0.25, 0.3) is 0 Å². The summed E-state index contributed by atoms with van der Waals surface area (Å²) in [5.41, 5.74) is 2.65. The molecule has 2 aromatic rings. The zero-order valence-corrected chi connectivity index (χ0v) is 13.6. The van der Waals surface area contributed by atoms with Crippen molar-refractivity contribution in [1.29, 1.82) is 0 Å². The van der Waals surface area contributed by atoms with Crippen LogP contribution in [0.4, 0.5) is 5.69 Å². The monoisotopic (exact) mass is 314 g/mol. The number of hydrogen-bond acceptors (Lipinski definition) is 3. The zero-order chi connectivity index (χ0) is 16.2. The van der Waals surface area contributed by atoms with E-state index in [0.717, 1.165) is 49.1 Å². The molecule has 1 aliphatic carbocycles. The minimum atomic E-state index is -0.0562. The number of nitrogens with zero attached hydrogens (tertiary/aromatic N) is 2. The third-order valence-electron chi connectivity index (χ3n) is 5.65. The van der Waals surface area contributed by atoms with Gasteiger partial charge in [0.2, 0.25) is 5.91 Å². The molecule has 2 fully saturated rings. The molecule has 0 bridgehead atoms. The molecule has 1 unspecified atom stereocenters. The van der Waals surface area contributed by atoms with Crippen molar-refractivity contribution in [3.8, 4) is 0 Å². The molecule has 122 valence electrons. The largest absolute Gasteiger partial charge is 0.328 e. The maximum atomic E-state index is 12.5. The van der Waals surface area contributed by atoms with Crippen molar-refractivity contribution >= 4 is 22.6 Å². The molecule has 23 heavy (non-hydrogen) atoms. The second-order valence-electron chi connectivity index (χ2n) is 6.96. The van der Waals surface area contributed by atoms with Gasteiger partial charge in [0.15, 0.2) is 0 Å². The van der Waals surface area contributed by atoms with Crippen LogP contribution in [0.3, 0.4) is 0 Å². The minimum Gasteiger partial charge on any atom is -0.326 e. The normalized spacial score (nSPS) is 22.4. The SMILES string of the molecule is Cn1c(=O)n(C)c2cc(NC(=O)C3CC34CCNCC4)ccc21. The van der Waals surface area contributed by atoms with E-state index in [-0.39, 0.29) is 22.9 Å². The number of hydrogen-bond donors (Lipinski definition) is 2. The molecule has 6 heteroatoms. The zero-order valence-electron chi connectivity index (χ0n) is 13.6. The average Bonchev–Trinajstić information content (AvgIpc) is 3.21. The van der Waals surface area contributed by atoms with Crippen LogP contribution in [-0.4, -0.2) is 28.1 Å². The summed E-state index contributed by atoms with van der Waals surface area (Å²) in [6, 6.07) is 5.64. The Balaban J connectivity index is 1.55. The first kappa shape index (κ1) is 14.5. The first-order valence-corrected chi connectivity index (χ1v) is 8.19. The van der Waals surface area contributed by atoms with E-state index >= 15 is 0 Å². The van der Waals surface area contributed by atoms with Crippen molar-refractivity contribution in [3.05, 3.63) is 28.7 Å². The van der Waals surface area contributed by atoms with Crippen molar-refractivity contribution in [2.75, 3.05) is 18.4 Å². The van der Waals surface area contributed by atoms with Gasteiger partial charge in [0.05, 0.1) is 11.0 Å². The van der Waals surface area contributed by atoms with Gasteiger partial charge in [-0.05, 0) is 56.0 Å². The molecule has 6 nitrogen and oxygen atoms in total. The molecule has 2 aliphatic rings. The molecule has 1 atom stereocenters. The van der Waals surface area contributed by atoms with Crippen molar-refractivity contribution in [3.63, 3.8) is 0 Å². The van der Waals surface area contributed by atoms with Gasteiger partial charge < -0.3 is 10.6 Å². The second kappa shape index (κ2) is 4.96. The van der Waals surface area contributed by atoms with Crippen molar-refractivity contribution in [2.45, 2.75) is 19.3 Å². The van der Waals surface area contributed by atoms with Crippen LogP contribution in [0.1, 0.15) is 19.3 Å². The van der Waals surface area contributed by atoms with Gasteiger partial charge >= 0.3 is 5.69 Å². The van der Waals surface area contributed by atoms with E-state index in [9.17, 15) is 9.59 Å². The van der Waals surface area contributed by atoms with E-state index in [1.165, 1.54) is 0 Å². The highest BCUT2D eigenvalue weighted by Crippen LogP contribution is 2.58. The standard InChI is InChI=1S/C17H22N4O2/c1-20-13-4-3-11(9-14(13)21(2)16(20)23)19-15(22)12-10-17(12)5-7-18-8-6-17/h3-4,9,12,18H,5-8,10H2,1-2H3,(H,19,22). The highest BCUT2D eigenvalue weighted by atomic mass is 16.2. The van der Waals surface area contributed by atoms with E-state index in [4.69, 9.17) is 0 Å². The second-order valence-corrected chi connectivity index (χ2v) is 6.96. The molecule has 0 radical (unpaired) electrons. The maximum Gasteiger partial charge on any atom is 0.328 e. The predicted molar refractivity (Wildman–Crippen MR) is 89.4 cm³/mol. The van der Waals surface area contributed by atoms with Crippen LogP contribution < -0.4 is 16.3 Å². The van der Waals surface area contributed by atoms with E-state index < -0.39 is 0 Å². The summed E-state index contributed by atoms with van der Waals surface area (Å²) in [5.74, 6) is 0.257. The van der Waals surface area contributed by atoms with E-state index in [2.05, 4.69) is 10.6 Å². The van der Waals surface area contributed by atoms with Crippen LogP contribution in [-0.2, 0) is 18.9 Å². The van der Waals surface area contributed by atoms with E-state index in [1.54, 1.807) is 23.2 Å². The number of benzene rings is 1. The van der Waals surface area contributed by atoms with Crippen LogP contribution in [0.5, 0.6) is 0 Å². The summed E-state index contributed by atoms with van der Waals surface area (Å²) in [5, 5.41) is 6.40. The molecule has 1 saturated heterocycles. The molecule has 1 aromatic heterocycles. The summed E-state index contributed by atoms with van der Waals surface area (Å²) in [6.45, 7) is 2.03. The Hall–Kier alpha value is -2.08. The van der Waals surface area contributed by atoms with Gasteiger partial charge in [-0.15, -0.1) is 0 Å². The average molecular weight is 314 g/mol. The van der Waals surface area contributed by atoms with Crippen LogP contribution in [0.15, 0.2) is 23.0 Å². The molecular weight excluding hydrogens is 292 g/mol. The number of imidazole rings is 1. The summed E-state index contributed by atoms with van der Waals surface area (Å²) >= 11 is 0. The smallest absolute Gasteiger partial charge is 0.326 e. The Kier molecular flexibility index (Phi) is 3.13. The maximum absolute atomic E-state index is 12.5. The Bertz CT molecular complexity index is 842. The molecule has 1 saturated carbocycles. The van der Waals surface area contributed by atoms with Crippen LogP contribution >= 0.6 is 0 Å². The number of nitrogens with one attached hydrogen (secondary N) is 2. The number of fused-ring (bicyclic) bond motifs is 1. The lowest BCUT2D eigenvalue weighted by atomic mass is 9.92. The number of carbonyl (C=O) groups is 1. The molecule has 1 aromatic carbocycles. The Morgan fingerprint density at radius 1 is 1.22 bits per heavy atom. The Labute approximate surface area is 134 Å². The number of carbonyl (C=O) groups excluding carboxylic acids is 1. The van der Waals surface area contributed by atoms with Crippen molar-refractivity contribution in [1.82, 2.24) is 14.5 Å². The van der Waals surface area contributed by atoms with Crippen LogP contribution in [0.25, 0.3) is 11.0 Å². The van der Waals surface area contributed by atoms with Gasteiger partial charge in [-0.2, -0.15) is 0 Å². The molecule has 4 rings (SSSR count). The molecule has 1 amide bonds. The molecule has 2 heterocycles. The van der Waals surface area contributed by atoms with Gasteiger partial charge in [-0.25, -0.2) is 4.79 Å². The van der Waals surface area contributed by atoms with Crippen molar-refractivity contribution < 1.29 is 4.79 Å². The van der Waals surface area contributed by atoms with E-state index in [0.29, 0.717) is 0 Å². The van der Waals surface area contributed by atoms with Gasteiger partial charge in [0, 0.05) is 25.7 Å². The Morgan fingerprint density at radius 2 is 1.91 bits per heavy atom.